The summed E-state index contributed by atoms with van der Waals surface area (Å²) >= 11 is 0. The number of hydrogen-bond donors (Lipinski definition) is 2. The zero-order chi connectivity index (χ0) is 14.1. The molecule has 0 unspecified atom stereocenters. The molecule has 5 nitrogen and oxygen atoms in total. The summed E-state index contributed by atoms with van der Waals surface area (Å²) in [5.74, 6) is 3.14. The summed E-state index contributed by atoms with van der Waals surface area (Å²) in [4.78, 5) is 8.74. The van der Waals surface area contributed by atoms with Crippen LogP contribution in [-0.4, -0.2) is 30.7 Å². The summed E-state index contributed by atoms with van der Waals surface area (Å²) in [5, 5.41) is 6.38. The lowest BCUT2D eigenvalue weighted by Gasteiger charge is -2.10. The van der Waals surface area contributed by atoms with E-state index in [0.29, 0.717) is 12.4 Å². The summed E-state index contributed by atoms with van der Waals surface area (Å²) in [6.07, 6.45) is 3.69. The minimum atomic E-state index is 0.428. The first-order valence-electron chi connectivity index (χ1n) is 6.94. The molecule has 0 bridgehead atoms. The molecule has 108 valence electrons. The SMILES string of the molecule is CNc1cc(NCCCCC(C)C)nc(COC)n1. The highest BCUT2D eigenvalue weighted by Crippen LogP contribution is 2.12. The molecule has 0 aliphatic carbocycles. The van der Waals surface area contributed by atoms with Gasteiger partial charge in [0.15, 0.2) is 5.82 Å². The summed E-state index contributed by atoms with van der Waals surface area (Å²) in [7, 11) is 3.50. The van der Waals surface area contributed by atoms with Gasteiger partial charge in [-0.15, -0.1) is 0 Å². The van der Waals surface area contributed by atoms with Crippen LogP contribution >= 0.6 is 0 Å². The van der Waals surface area contributed by atoms with E-state index in [0.717, 1.165) is 30.5 Å². The quantitative estimate of drug-likeness (QED) is 0.673. The maximum atomic E-state index is 5.07. The second-order valence-corrected chi connectivity index (χ2v) is 5.05. The molecule has 0 aliphatic rings. The number of nitrogens with zero attached hydrogens (tertiary/aromatic N) is 2. The molecule has 0 saturated carbocycles. The Bertz CT molecular complexity index is 368. The Morgan fingerprint density at radius 1 is 1.21 bits per heavy atom. The molecule has 0 aromatic carbocycles. The van der Waals surface area contributed by atoms with E-state index >= 15 is 0 Å². The van der Waals surface area contributed by atoms with E-state index in [9.17, 15) is 0 Å². The van der Waals surface area contributed by atoms with Crippen molar-refractivity contribution in [3.05, 3.63) is 11.9 Å². The number of rotatable bonds is 9. The van der Waals surface area contributed by atoms with E-state index in [-0.39, 0.29) is 0 Å². The van der Waals surface area contributed by atoms with E-state index in [1.807, 2.05) is 13.1 Å². The van der Waals surface area contributed by atoms with Gasteiger partial charge in [0.2, 0.25) is 0 Å². The van der Waals surface area contributed by atoms with Crippen molar-refractivity contribution in [2.24, 2.45) is 5.92 Å². The molecule has 1 aromatic heterocycles. The zero-order valence-corrected chi connectivity index (χ0v) is 12.5. The van der Waals surface area contributed by atoms with Crippen molar-refractivity contribution in [1.29, 1.82) is 0 Å². The standard InChI is InChI=1S/C14H26N4O/c1-11(2)7-5-6-8-16-13-9-12(15-3)17-14(18-13)10-19-4/h9,11H,5-8,10H2,1-4H3,(H2,15,16,17,18). The monoisotopic (exact) mass is 266 g/mol. The Morgan fingerprint density at radius 2 is 1.95 bits per heavy atom. The van der Waals surface area contributed by atoms with Gasteiger partial charge >= 0.3 is 0 Å². The second kappa shape index (κ2) is 8.69. The van der Waals surface area contributed by atoms with E-state index in [1.54, 1.807) is 7.11 Å². The molecular weight excluding hydrogens is 240 g/mol. The van der Waals surface area contributed by atoms with Crippen molar-refractivity contribution in [2.75, 3.05) is 31.3 Å². The Kier molecular flexibility index (Phi) is 7.18. The highest BCUT2D eigenvalue weighted by molar-refractivity contribution is 5.47. The third-order valence-corrected chi connectivity index (χ3v) is 2.82. The molecule has 0 saturated heterocycles. The Morgan fingerprint density at radius 3 is 2.58 bits per heavy atom. The molecule has 19 heavy (non-hydrogen) atoms. The van der Waals surface area contributed by atoms with Crippen LogP contribution in [0.15, 0.2) is 6.07 Å². The number of anilines is 2. The van der Waals surface area contributed by atoms with Crippen LogP contribution in [0.4, 0.5) is 11.6 Å². The summed E-state index contributed by atoms with van der Waals surface area (Å²) in [6, 6.07) is 1.92. The van der Waals surface area contributed by atoms with Crippen LogP contribution in [0.3, 0.4) is 0 Å². The van der Waals surface area contributed by atoms with Gasteiger partial charge in [-0.1, -0.05) is 26.7 Å². The van der Waals surface area contributed by atoms with Crippen LogP contribution in [0.2, 0.25) is 0 Å². The predicted molar refractivity (Wildman–Crippen MR) is 79.5 cm³/mol. The fourth-order valence-corrected chi connectivity index (χ4v) is 1.80. The minimum Gasteiger partial charge on any atom is -0.377 e. The Labute approximate surface area is 116 Å². The summed E-state index contributed by atoms with van der Waals surface area (Å²) < 4.78 is 5.07. The van der Waals surface area contributed by atoms with Crippen LogP contribution in [-0.2, 0) is 11.3 Å². The van der Waals surface area contributed by atoms with Crippen molar-refractivity contribution < 1.29 is 4.74 Å². The van der Waals surface area contributed by atoms with Crippen molar-refractivity contribution in [2.45, 2.75) is 39.7 Å². The molecule has 1 aromatic rings. The van der Waals surface area contributed by atoms with Crippen LogP contribution in [0, 0.1) is 5.92 Å². The maximum Gasteiger partial charge on any atom is 0.158 e. The van der Waals surface area contributed by atoms with Crippen LogP contribution in [0.1, 0.15) is 38.9 Å². The van der Waals surface area contributed by atoms with Crippen molar-refractivity contribution in [3.63, 3.8) is 0 Å². The lowest BCUT2D eigenvalue weighted by atomic mass is 10.1. The van der Waals surface area contributed by atoms with Crippen LogP contribution in [0.25, 0.3) is 0 Å². The first-order chi connectivity index (χ1) is 9.15. The van der Waals surface area contributed by atoms with Crippen molar-refractivity contribution >= 4 is 11.6 Å². The number of unbranched alkanes of at least 4 members (excludes halogenated alkanes) is 1. The number of methoxy groups -OCH3 is 1. The van der Waals surface area contributed by atoms with Gasteiger partial charge in [0.05, 0.1) is 0 Å². The fourth-order valence-electron chi connectivity index (χ4n) is 1.80. The first-order valence-corrected chi connectivity index (χ1v) is 6.94. The largest absolute Gasteiger partial charge is 0.377 e. The third kappa shape index (κ3) is 6.38. The summed E-state index contributed by atoms with van der Waals surface area (Å²) in [5.41, 5.74) is 0. The molecule has 1 heterocycles. The molecule has 1 rings (SSSR count). The van der Waals surface area contributed by atoms with Crippen molar-refractivity contribution in [3.8, 4) is 0 Å². The fraction of sp³-hybridized carbons (Fsp3) is 0.714. The number of aromatic nitrogens is 2. The molecule has 0 spiro atoms. The van der Waals surface area contributed by atoms with E-state index in [4.69, 9.17) is 4.74 Å². The van der Waals surface area contributed by atoms with Gasteiger partial charge in [-0.05, 0) is 12.3 Å². The van der Waals surface area contributed by atoms with Gasteiger partial charge in [0, 0.05) is 26.8 Å². The molecule has 2 N–H and O–H groups in total. The number of hydrogen-bond acceptors (Lipinski definition) is 5. The minimum absolute atomic E-state index is 0.428. The first kappa shape index (κ1) is 15.7. The van der Waals surface area contributed by atoms with Gasteiger partial charge in [0.25, 0.3) is 0 Å². The lowest BCUT2D eigenvalue weighted by molar-refractivity contribution is 0.178. The van der Waals surface area contributed by atoms with Crippen LogP contribution in [0.5, 0.6) is 0 Å². The van der Waals surface area contributed by atoms with Gasteiger partial charge in [-0.25, -0.2) is 9.97 Å². The Hall–Kier alpha value is -1.36. The van der Waals surface area contributed by atoms with Gasteiger partial charge in [0.1, 0.15) is 18.2 Å². The third-order valence-electron chi connectivity index (χ3n) is 2.82. The smallest absolute Gasteiger partial charge is 0.158 e. The lowest BCUT2D eigenvalue weighted by Crippen LogP contribution is -2.08. The molecule has 5 heteroatoms. The summed E-state index contributed by atoms with van der Waals surface area (Å²) in [6.45, 7) is 5.89. The Balaban J connectivity index is 2.45. The topological polar surface area (TPSA) is 59.1 Å². The van der Waals surface area contributed by atoms with E-state index in [1.165, 1.54) is 12.8 Å². The maximum absolute atomic E-state index is 5.07. The average Bonchev–Trinajstić information content (AvgIpc) is 2.38. The van der Waals surface area contributed by atoms with Crippen molar-refractivity contribution in [1.82, 2.24) is 9.97 Å². The second-order valence-electron chi connectivity index (χ2n) is 5.05. The highest BCUT2D eigenvalue weighted by atomic mass is 16.5. The molecular formula is C14H26N4O. The average molecular weight is 266 g/mol. The predicted octanol–water partition coefficient (Wildman–Crippen LogP) is 2.90. The molecule has 0 radical (unpaired) electrons. The zero-order valence-electron chi connectivity index (χ0n) is 12.5. The molecule has 0 atom stereocenters. The molecule has 0 amide bonds. The van der Waals surface area contributed by atoms with E-state index < -0.39 is 0 Å². The van der Waals surface area contributed by atoms with E-state index in [2.05, 4.69) is 34.4 Å². The molecule has 0 aliphatic heterocycles. The van der Waals surface area contributed by atoms with Crippen LogP contribution < -0.4 is 10.6 Å². The normalized spacial score (nSPS) is 10.8. The highest BCUT2D eigenvalue weighted by Gasteiger charge is 2.03. The molecule has 0 fully saturated rings. The van der Waals surface area contributed by atoms with Gasteiger partial charge < -0.3 is 15.4 Å². The number of nitrogens with one attached hydrogen (secondary N) is 2. The van der Waals surface area contributed by atoms with Gasteiger partial charge in [-0.3, -0.25) is 0 Å². The van der Waals surface area contributed by atoms with Gasteiger partial charge in [-0.2, -0.15) is 0 Å². The number of ether oxygens (including phenoxy) is 1.